The van der Waals surface area contributed by atoms with Crippen LogP contribution in [-0.4, -0.2) is 37.3 Å². The van der Waals surface area contributed by atoms with Crippen LogP contribution in [0.3, 0.4) is 0 Å². The fourth-order valence-corrected chi connectivity index (χ4v) is 4.70. The highest BCUT2D eigenvalue weighted by Crippen LogP contribution is 2.44. The Labute approximate surface area is 159 Å². The van der Waals surface area contributed by atoms with Gasteiger partial charge in [0.05, 0.1) is 20.1 Å². The van der Waals surface area contributed by atoms with Crippen LogP contribution in [0.5, 0.6) is 11.5 Å². The lowest BCUT2D eigenvalue weighted by Gasteiger charge is -2.29. The molecule has 2 aromatic carbocycles. The van der Waals surface area contributed by atoms with Crippen LogP contribution in [0.25, 0.3) is 0 Å². The van der Waals surface area contributed by atoms with E-state index in [1.807, 2.05) is 53.4 Å². The van der Waals surface area contributed by atoms with Crippen molar-refractivity contribution < 1.29 is 14.3 Å². The third kappa shape index (κ3) is 3.68. The number of rotatable bonds is 6. The van der Waals surface area contributed by atoms with Crippen molar-refractivity contribution in [3.05, 3.63) is 59.7 Å². The normalized spacial score (nSPS) is 17.8. The van der Waals surface area contributed by atoms with E-state index in [-0.39, 0.29) is 17.2 Å². The smallest absolute Gasteiger partial charge is 0.231 e. The molecular formula is C21H25NO3S. The van der Waals surface area contributed by atoms with Crippen molar-refractivity contribution in [2.24, 2.45) is 0 Å². The number of methoxy groups -OCH3 is 2. The predicted octanol–water partition coefficient (Wildman–Crippen LogP) is 4.47. The number of ether oxygens (including phenoxy) is 2. The number of hydrogen-bond donors (Lipinski definition) is 0. The van der Waals surface area contributed by atoms with Crippen LogP contribution in [0.2, 0.25) is 0 Å². The number of thioether (sulfide) groups is 1. The van der Waals surface area contributed by atoms with Gasteiger partial charge in [0.1, 0.15) is 16.9 Å². The summed E-state index contributed by atoms with van der Waals surface area (Å²) in [4.78, 5) is 15.3. The van der Waals surface area contributed by atoms with Crippen LogP contribution in [0.1, 0.15) is 35.8 Å². The summed E-state index contributed by atoms with van der Waals surface area (Å²) < 4.78 is 10.9. The van der Waals surface area contributed by atoms with Crippen molar-refractivity contribution in [3.8, 4) is 11.5 Å². The minimum Gasteiger partial charge on any atom is -0.497 e. The first-order chi connectivity index (χ1) is 12.7. The van der Waals surface area contributed by atoms with E-state index in [2.05, 4.69) is 6.92 Å². The van der Waals surface area contributed by atoms with E-state index in [1.54, 1.807) is 26.0 Å². The first-order valence-electron chi connectivity index (χ1n) is 8.88. The molecule has 0 bridgehead atoms. The Kier molecular flexibility index (Phi) is 6.09. The van der Waals surface area contributed by atoms with Gasteiger partial charge in [0.25, 0.3) is 0 Å². The van der Waals surface area contributed by atoms with Crippen molar-refractivity contribution in [1.82, 2.24) is 4.90 Å². The molecule has 1 aliphatic heterocycles. The average Bonchev–Trinajstić information content (AvgIpc) is 3.18. The third-order valence-electron chi connectivity index (χ3n) is 4.79. The zero-order valence-electron chi connectivity index (χ0n) is 15.5. The molecule has 1 heterocycles. The van der Waals surface area contributed by atoms with Gasteiger partial charge >= 0.3 is 0 Å². The Morgan fingerprint density at radius 2 is 1.96 bits per heavy atom. The molecule has 1 saturated heterocycles. The number of carbonyl (C=O) groups is 1. The maximum absolute atomic E-state index is 13.4. The Morgan fingerprint density at radius 1 is 1.19 bits per heavy atom. The second-order valence-electron chi connectivity index (χ2n) is 6.23. The molecule has 0 spiro atoms. The van der Waals surface area contributed by atoms with Gasteiger partial charge in [0, 0.05) is 17.9 Å². The molecule has 4 nitrogen and oxygen atoms in total. The van der Waals surface area contributed by atoms with E-state index in [1.165, 1.54) is 0 Å². The fraction of sp³-hybridized carbons (Fsp3) is 0.381. The Balaban J connectivity index is 1.92. The van der Waals surface area contributed by atoms with Crippen molar-refractivity contribution in [2.75, 3.05) is 26.5 Å². The van der Waals surface area contributed by atoms with Crippen LogP contribution in [-0.2, 0) is 4.79 Å². The molecule has 2 unspecified atom stereocenters. The topological polar surface area (TPSA) is 38.8 Å². The summed E-state index contributed by atoms with van der Waals surface area (Å²) in [5, 5.41) is -0.0506. The molecule has 1 amide bonds. The summed E-state index contributed by atoms with van der Waals surface area (Å²) in [6, 6.07) is 15.8. The highest BCUT2D eigenvalue weighted by atomic mass is 32.2. The van der Waals surface area contributed by atoms with Gasteiger partial charge in [-0.3, -0.25) is 4.79 Å². The zero-order chi connectivity index (χ0) is 18.5. The summed E-state index contributed by atoms with van der Waals surface area (Å²) >= 11 is 1.77. The van der Waals surface area contributed by atoms with E-state index < -0.39 is 0 Å². The van der Waals surface area contributed by atoms with Crippen molar-refractivity contribution in [1.29, 1.82) is 0 Å². The summed E-state index contributed by atoms with van der Waals surface area (Å²) in [5.41, 5.74) is 2.07. The van der Waals surface area contributed by atoms with Crippen LogP contribution < -0.4 is 9.47 Å². The number of amides is 1. The van der Waals surface area contributed by atoms with Gasteiger partial charge in [-0.05, 0) is 30.2 Å². The van der Waals surface area contributed by atoms with Gasteiger partial charge in [-0.25, -0.2) is 0 Å². The molecule has 2 atom stereocenters. The molecule has 0 radical (unpaired) electrons. The highest BCUT2D eigenvalue weighted by molar-refractivity contribution is 7.99. The molecule has 0 aliphatic carbocycles. The minimum atomic E-state index is -0.117. The molecule has 1 aliphatic rings. The van der Waals surface area contributed by atoms with E-state index >= 15 is 0 Å². The van der Waals surface area contributed by atoms with Gasteiger partial charge in [-0.2, -0.15) is 0 Å². The number of carbonyl (C=O) groups excluding carboxylic acids is 1. The fourth-order valence-electron chi connectivity index (χ4n) is 3.42. The summed E-state index contributed by atoms with van der Waals surface area (Å²) in [6.45, 7) is 2.82. The molecule has 138 valence electrons. The van der Waals surface area contributed by atoms with E-state index in [9.17, 15) is 4.79 Å². The molecule has 0 aromatic heterocycles. The Hall–Kier alpha value is -2.14. The molecule has 5 heteroatoms. The monoisotopic (exact) mass is 371 g/mol. The highest BCUT2D eigenvalue weighted by Gasteiger charge is 2.36. The molecule has 26 heavy (non-hydrogen) atoms. The van der Waals surface area contributed by atoms with Crippen LogP contribution >= 0.6 is 11.8 Å². The third-order valence-corrected chi connectivity index (χ3v) is 6.03. The number of hydrogen-bond acceptors (Lipinski definition) is 4. The largest absolute Gasteiger partial charge is 0.497 e. The standard InChI is InChI=1S/C21H25NO3S/c1-4-17(15-8-6-5-7-9-15)20(23)22-12-13-26-21(22)18-14-16(24-2)10-11-19(18)25-3/h5-11,14,17,21H,4,12-13H2,1-3H3. The number of nitrogens with zero attached hydrogens (tertiary/aromatic N) is 1. The van der Waals surface area contributed by atoms with E-state index in [0.29, 0.717) is 0 Å². The summed E-state index contributed by atoms with van der Waals surface area (Å²) in [6.07, 6.45) is 0.784. The zero-order valence-corrected chi connectivity index (χ0v) is 16.3. The Bertz CT molecular complexity index is 750. The Morgan fingerprint density at radius 3 is 2.62 bits per heavy atom. The maximum atomic E-state index is 13.4. The second kappa shape index (κ2) is 8.49. The lowest BCUT2D eigenvalue weighted by molar-refractivity contribution is -0.133. The van der Waals surface area contributed by atoms with Crippen molar-refractivity contribution in [2.45, 2.75) is 24.6 Å². The number of benzene rings is 2. The van der Waals surface area contributed by atoms with Crippen LogP contribution in [0.4, 0.5) is 0 Å². The molecule has 3 rings (SSSR count). The van der Waals surface area contributed by atoms with E-state index in [4.69, 9.17) is 9.47 Å². The van der Waals surface area contributed by atoms with Crippen molar-refractivity contribution >= 4 is 17.7 Å². The van der Waals surface area contributed by atoms with E-state index in [0.717, 1.165) is 41.3 Å². The molecule has 2 aromatic rings. The molecule has 1 fully saturated rings. The van der Waals surface area contributed by atoms with Crippen LogP contribution in [0.15, 0.2) is 48.5 Å². The van der Waals surface area contributed by atoms with Gasteiger partial charge in [0.15, 0.2) is 0 Å². The molecule has 0 N–H and O–H groups in total. The lowest BCUT2D eigenvalue weighted by Crippen LogP contribution is -2.34. The molecular weight excluding hydrogens is 346 g/mol. The van der Waals surface area contributed by atoms with Gasteiger partial charge in [-0.15, -0.1) is 11.8 Å². The van der Waals surface area contributed by atoms with Crippen molar-refractivity contribution in [3.63, 3.8) is 0 Å². The van der Waals surface area contributed by atoms with Crippen LogP contribution in [0, 0.1) is 0 Å². The van der Waals surface area contributed by atoms with Gasteiger partial charge < -0.3 is 14.4 Å². The van der Waals surface area contributed by atoms with Gasteiger partial charge in [-0.1, -0.05) is 37.3 Å². The maximum Gasteiger partial charge on any atom is 0.231 e. The molecule has 0 saturated carbocycles. The lowest BCUT2D eigenvalue weighted by atomic mass is 9.94. The predicted molar refractivity (Wildman–Crippen MR) is 106 cm³/mol. The average molecular weight is 372 g/mol. The second-order valence-corrected chi connectivity index (χ2v) is 7.42. The summed E-state index contributed by atoms with van der Waals surface area (Å²) in [5.74, 6) is 2.54. The minimum absolute atomic E-state index is 0.0506. The first-order valence-corrected chi connectivity index (χ1v) is 9.93. The van der Waals surface area contributed by atoms with Gasteiger partial charge in [0.2, 0.25) is 5.91 Å². The first kappa shape index (κ1) is 18.6. The SMILES string of the molecule is CCC(C(=O)N1CCSC1c1cc(OC)ccc1OC)c1ccccc1. The quantitative estimate of drug-likeness (QED) is 0.751. The summed E-state index contributed by atoms with van der Waals surface area (Å²) in [7, 11) is 3.31.